The Morgan fingerprint density at radius 3 is 2.31 bits per heavy atom. The number of ether oxygens (including phenoxy) is 4. The van der Waals surface area contributed by atoms with E-state index in [1.165, 1.54) is 7.11 Å². The molecule has 0 aromatic heterocycles. The van der Waals surface area contributed by atoms with Crippen LogP contribution in [0.25, 0.3) is 6.08 Å². The summed E-state index contributed by atoms with van der Waals surface area (Å²) in [6.07, 6.45) is 4.10. The molecule has 186 valence electrons. The summed E-state index contributed by atoms with van der Waals surface area (Å²) in [4.78, 5) is 26.9. The number of amides is 1. The maximum absolute atomic E-state index is 13.3. The summed E-state index contributed by atoms with van der Waals surface area (Å²) in [7, 11) is 4.54. The van der Waals surface area contributed by atoms with Gasteiger partial charge in [-0.25, -0.2) is 4.79 Å². The molecule has 1 heterocycles. The molecule has 0 saturated heterocycles. The number of nitrogens with zero attached hydrogens (tertiary/aromatic N) is 1. The first-order valence-corrected chi connectivity index (χ1v) is 11.6. The molecule has 0 bridgehead atoms. The molecule has 36 heavy (non-hydrogen) atoms. The van der Waals surface area contributed by atoms with E-state index in [0.29, 0.717) is 35.8 Å². The van der Waals surface area contributed by atoms with Gasteiger partial charge in [0.1, 0.15) is 12.4 Å². The molecule has 4 rings (SSSR count). The van der Waals surface area contributed by atoms with Crippen molar-refractivity contribution >= 4 is 18.0 Å². The molecule has 0 aliphatic carbocycles. The largest absolute Gasteiger partial charge is 0.493 e. The van der Waals surface area contributed by atoms with Crippen LogP contribution in [0, 0.1) is 0 Å². The number of hydrogen-bond donors (Lipinski definition) is 0. The fourth-order valence-electron chi connectivity index (χ4n) is 4.28. The minimum absolute atomic E-state index is 0.103. The number of rotatable bonds is 8. The van der Waals surface area contributed by atoms with Crippen LogP contribution in [0.5, 0.6) is 17.2 Å². The molecular formula is C29H29NO6. The zero-order valence-corrected chi connectivity index (χ0v) is 20.6. The predicted octanol–water partition coefficient (Wildman–Crippen LogP) is 4.71. The Balaban J connectivity index is 1.61. The molecule has 3 aromatic rings. The van der Waals surface area contributed by atoms with Gasteiger partial charge in [0.25, 0.3) is 0 Å². The summed E-state index contributed by atoms with van der Waals surface area (Å²) in [6.45, 7) is 0.765. The number of fused-ring (bicyclic) bond motifs is 1. The van der Waals surface area contributed by atoms with Crippen molar-refractivity contribution < 1.29 is 28.5 Å². The Bertz CT molecular complexity index is 1240. The minimum atomic E-state index is -0.411. The van der Waals surface area contributed by atoms with Crippen LogP contribution in [0.2, 0.25) is 0 Å². The van der Waals surface area contributed by atoms with E-state index in [-0.39, 0.29) is 18.6 Å². The van der Waals surface area contributed by atoms with Gasteiger partial charge in [0.15, 0.2) is 11.5 Å². The number of carbonyl (C=O) groups is 2. The van der Waals surface area contributed by atoms with Crippen LogP contribution in [0.3, 0.4) is 0 Å². The van der Waals surface area contributed by atoms with Crippen LogP contribution in [0.4, 0.5) is 0 Å². The van der Waals surface area contributed by atoms with Crippen LogP contribution >= 0.6 is 0 Å². The van der Waals surface area contributed by atoms with E-state index in [4.69, 9.17) is 18.9 Å². The molecule has 0 radical (unpaired) electrons. The molecule has 1 aliphatic heterocycles. The molecule has 1 amide bonds. The zero-order chi connectivity index (χ0) is 25.5. The molecule has 1 aliphatic rings. The van der Waals surface area contributed by atoms with Crippen molar-refractivity contribution in [1.82, 2.24) is 4.90 Å². The second-order valence-corrected chi connectivity index (χ2v) is 8.27. The normalized spacial score (nSPS) is 14.8. The molecule has 0 spiro atoms. The summed E-state index contributed by atoms with van der Waals surface area (Å²) < 4.78 is 21.9. The lowest BCUT2D eigenvalue weighted by molar-refractivity contribution is -0.129. The highest BCUT2D eigenvalue weighted by Crippen LogP contribution is 2.38. The van der Waals surface area contributed by atoms with Crippen molar-refractivity contribution in [2.45, 2.75) is 12.5 Å². The van der Waals surface area contributed by atoms with Gasteiger partial charge in [0.05, 0.1) is 32.9 Å². The lowest BCUT2D eigenvalue weighted by Crippen LogP contribution is -2.41. The zero-order valence-electron chi connectivity index (χ0n) is 20.6. The number of methoxy groups -OCH3 is 3. The van der Waals surface area contributed by atoms with Gasteiger partial charge in [-0.15, -0.1) is 0 Å². The Hall–Kier alpha value is -4.26. The van der Waals surface area contributed by atoms with Crippen LogP contribution in [0.1, 0.15) is 33.1 Å². The van der Waals surface area contributed by atoms with E-state index in [1.54, 1.807) is 44.6 Å². The monoisotopic (exact) mass is 487 g/mol. The number of benzene rings is 3. The molecule has 0 fully saturated rings. The third-order valence-electron chi connectivity index (χ3n) is 6.19. The molecule has 7 nitrogen and oxygen atoms in total. The van der Waals surface area contributed by atoms with Crippen LogP contribution in [-0.4, -0.2) is 51.3 Å². The topological polar surface area (TPSA) is 74.3 Å². The van der Waals surface area contributed by atoms with Crippen molar-refractivity contribution in [2.24, 2.45) is 0 Å². The van der Waals surface area contributed by atoms with Gasteiger partial charge in [0.2, 0.25) is 5.91 Å². The van der Waals surface area contributed by atoms with Gasteiger partial charge < -0.3 is 23.8 Å². The van der Waals surface area contributed by atoms with Crippen LogP contribution in [0.15, 0.2) is 72.8 Å². The molecule has 0 unspecified atom stereocenters. The van der Waals surface area contributed by atoms with Crippen molar-refractivity contribution in [3.8, 4) is 17.2 Å². The fraction of sp³-hybridized carbons (Fsp3) is 0.241. The number of hydrogen-bond acceptors (Lipinski definition) is 6. The molecule has 7 heteroatoms. The smallest absolute Gasteiger partial charge is 0.337 e. The maximum Gasteiger partial charge on any atom is 0.337 e. The summed E-state index contributed by atoms with van der Waals surface area (Å²) >= 11 is 0. The Labute approximate surface area is 210 Å². The summed E-state index contributed by atoms with van der Waals surface area (Å²) in [6, 6.07) is 20.0. The van der Waals surface area contributed by atoms with Gasteiger partial charge in [-0.2, -0.15) is 0 Å². The maximum atomic E-state index is 13.3. The van der Waals surface area contributed by atoms with Gasteiger partial charge in [-0.3, -0.25) is 4.79 Å². The average molecular weight is 488 g/mol. The van der Waals surface area contributed by atoms with Crippen LogP contribution in [-0.2, 0) is 16.0 Å². The quantitative estimate of drug-likeness (QED) is 0.339. The third-order valence-corrected chi connectivity index (χ3v) is 6.19. The highest BCUT2D eigenvalue weighted by atomic mass is 16.5. The highest BCUT2D eigenvalue weighted by Gasteiger charge is 2.32. The molecule has 3 aromatic carbocycles. The first kappa shape index (κ1) is 24.9. The average Bonchev–Trinajstić information content (AvgIpc) is 2.94. The van der Waals surface area contributed by atoms with Crippen molar-refractivity contribution in [3.05, 3.63) is 95.1 Å². The van der Waals surface area contributed by atoms with Crippen LogP contribution < -0.4 is 14.2 Å². The fourth-order valence-corrected chi connectivity index (χ4v) is 4.28. The van der Waals surface area contributed by atoms with E-state index in [2.05, 4.69) is 0 Å². The second kappa shape index (κ2) is 11.4. The van der Waals surface area contributed by atoms with Gasteiger partial charge in [-0.1, -0.05) is 30.3 Å². The minimum Gasteiger partial charge on any atom is -0.493 e. The molecular weight excluding hydrogens is 458 g/mol. The first-order valence-electron chi connectivity index (χ1n) is 11.6. The summed E-state index contributed by atoms with van der Waals surface area (Å²) in [5.41, 5.74) is 3.42. The number of esters is 1. The number of carbonyl (C=O) groups excluding carboxylic acids is 2. The Morgan fingerprint density at radius 1 is 0.944 bits per heavy atom. The van der Waals surface area contributed by atoms with E-state index in [0.717, 1.165) is 16.7 Å². The third kappa shape index (κ3) is 5.51. The highest BCUT2D eigenvalue weighted by molar-refractivity contribution is 5.92. The Morgan fingerprint density at radius 2 is 1.64 bits per heavy atom. The van der Waals surface area contributed by atoms with Gasteiger partial charge in [-0.05, 0) is 65.6 Å². The van der Waals surface area contributed by atoms with Crippen molar-refractivity contribution in [2.75, 3.05) is 34.5 Å². The van der Waals surface area contributed by atoms with Crippen molar-refractivity contribution in [1.29, 1.82) is 0 Å². The van der Waals surface area contributed by atoms with Gasteiger partial charge in [0, 0.05) is 12.6 Å². The lowest BCUT2D eigenvalue weighted by Gasteiger charge is -2.37. The first-order chi connectivity index (χ1) is 17.5. The van der Waals surface area contributed by atoms with E-state index in [1.807, 2.05) is 53.4 Å². The summed E-state index contributed by atoms with van der Waals surface area (Å²) in [5, 5.41) is 0. The second-order valence-electron chi connectivity index (χ2n) is 8.27. The molecule has 0 saturated carbocycles. The molecule has 0 N–H and O–H groups in total. The predicted molar refractivity (Wildman–Crippen MR) is 136 cm³/mol. The molecule has 1 atom stereocenters. The van der Waals surface area contributed by atoms with Gasteiger partial charge >= 0.3 is 5.97 Å². The van der Waals surface area contributed by atoms with E-state index >= 15 is 0 Å². The van der Waals surface area contributed by atoms with E-state index in [9.17, 15) is 9.59 Å². The standard InChI is InChI=1S/C29H29NO6/c1-33-26-17-22-15-16-30(28(31)14-9-20-7-5-4-6-8-20)25(24(22)18-27(26)34-2)19-36-23-12-10-21(11-13-23)29(32)35-3/h4-14,17-18,25H,15-16,19H2,1-3H3/b14-9+/t25-/m0/s1. The van der Waals surface area contributed by atoms with Crippen molar-refractivity contribution in [3.63, 3.8) is 0 Å². The Kier molecular flexibility index (Phi) is 7.90. The lowest BCUT2D eigenvalue weighted by atomic mass is 9.92. The van der Waals surface area contributed by atoms with E-state index < -0.39 is 5.97 Å². The SMILES string of the molecule is COC(=O)c1ccc(OC[C@H]2c3cc(OC)c(OC)cc3CCN2C(=O)/C=C/c2ccccc2)cc1. The summed E-state index contributed by atoms with van der Waals surface area (Å²) in [5.74, 6) is 1.32.